The van der Waals surface area contributed by atoms with Crippen molar-refractivity contribution in [3.8, 4) is 0 Å². The van der Waals surface area contributed by atoms with Gasteiger partial charge in [-0.1, -0.05) is 55.0 Å². The Bertz CT molecular complexity index is 735. The van der Waals surface area contributed by atoms with Crippen LogP contribution in [0.1, 0.15) is 25.3 Å². The molecule has 0 atom stereocenters. The van der Waals surface area contributed by atoms with E-state index in [1.54, 1.807) is 12.1 Å². The molecule has 2 aromatic rings. The van der Waals surface area contributed by atoms with Crippen LogP contribution >= 0.6 is 0 Å². The molecule has 122 valence electrons. The zero-order valence-electron chi connectivity index (χ0n) is 13.6. The summed E-state index contributed by atoms with van der Waals surface area (Å²) in [5.74, 6) is 0. The first-order chi connectivity index (χ1) is 11.1. The summed E-state index contributed by atoms with van der Waals surface area (Å²) in [6, 6.07) is 16.2. The van der Waals surface area contributed by atoms with Crippen molar-refractivity contribution in [2.24, 2.45) is 0 Å². The van der Waals surface area contributed by atoms with E-state index in [9.17, 15) is 8.42 Å². The summed E-state index contributed by atoms with van der Waals surface area (Å²) < 4.78 is 27.5. The van der Waals surface area contributed by atoms with Crippen LogP contribution < -0.4 is 4.31 Å². The van der Waals surface area contributed by atoms with Gasteiger partial charge in [0.15, 0.2) is 0 Å². The fourth-order valence-electron chi connectivity index (χ4n) is 2.30. The van der Waals surface area contributed by atoms with Gasteiger partial charge >= 0.3 is 0 Å². The molecule has 0 fully saturated rings. The van der Waals surface area contributed by atoms with Gasteiger partial charge in [-0.25, -0.2) is 8.42 Å². The lowest BCUT2D eigenvalue weighted by Crippen LogP contribution is -2.31. The number of nitrogens with zero attached hydrogens (tertiary/aromatic N) is 1. The monoisotopic (exact) mass is 329 g/mol. The first-order valence-electron chi connectivity index (χ1n) is 7.85. The van der Waals surface area contributed by atoms with E-state index in [4.69, 9.17) is 0 Å². The summed E-state index contributed by atoms with van der Waals surface area (Å²) in [5, 5.41) is 0. The number of allylic oxidation sites excluding steroid dienone is 1. The second-order valence-electron chi connectivity index (χ2n) is 5.39. The smallest absolute Gasteiger partial charge is 0.264 e. The van der Waals surface area contributed by atoms with E-state index in [1.807, 2.05) is 55.5 Å². The average Bonchev–Trinajstić information content (AvgIpc) is 2.56. The molecule has 0 aliphatic heterocycles. The standard InChI is InChI=1S/C19H23NO2S/c1-3-4-5-9-16-20(18-10-7-6-8-11-18)23(21,22)19-14-12-17(2)13-15-19/h4-8,10-15H,3,9,16H2,1-2H3/b5-4+. The van der Waals surface area contributed by atoms with Crippen LogP contribution in [-0.2, 0) is 10.0 Å². The van der Waals surface area contributed by atoms with Crippen molar-refractivity contribution in [3.05, 3.63) is 72.3 Å². The van der Waals surface area contributed by atoms with Crippen LogP contribution in [0.4, 0.5) is 5.69 Å². The highest BCUT2D eigenvalue weighted by atomic mass is 32.2. The molecule has 2 rings (SSSR count). The lowest BCUT2D eigenvalue weighted by molar-refractivity contribution is 0.591. The second kappa shape index (κ2) is 7.97. The zero-order chi connectivity index (χ0) is 16.7. The normalized spacial score (nSPS) is 11.7. The molecule has 0 aromatic heterocycles. The summed E-state index contributed by atoms with van der Waals surface area (Å²) in [4.78, 5) is 0.325. The fraction of sp³-hybridized carbons (Fsp3) is 0.263. The number of sulfonamides is 1. The minimum atomic E-state index is -3.56. The van der Waals surface area contributed by atoms with E-state index in [1.165, 1.54) is 4.31 Å². The number of benzene rings is 2. The lowest BCUT2D eigenvalue weighted by Gasteiger charge is -2.24. The van der Waals surface area contributed by atoms with Crippen molar-refractivity contribution in [2.75, 3.05) is 10.8 Å². The van der Waals surface area contributed by atoms with E-state index in [0.717, 1.165) is 12.0 Å². The quantitative estimate of drug-likeness (QED) is 0.699. The summed E-state index contributed by atoms with van der Waals surface area (Å²) in [6.07, 6.45) is 5.73. The Hall–Kier alpha value is -2.07. The van der Waals surface area contributed by atoms with E-state index < -0.39 is 10.0 Å². The van der Waals surface area contributed by atoms with Gasteiger partial charge in [-0.2, -0.15) is 0 Å². The molecule has 0 heterocycles. The topological polar surface area (TPSA) is 37.4 Å². The third kappa shape index (κ3) is 4.45. The highest BCUT2D eigenvalue weighted by Gasteiger charge is 2.24. The molecule has 0 spiro atoms. The average molecular weight is 329 g/mol. The Morgan fingerprint density at radius 1 is 0.957 bits per heavy atom. The number of para-hydroxylation sites is 1. The molecule has 2 aromatic carbocycles. The van der Waals surface area contributed by atoms with E-state index in [-0.39, 0.29) is 0 Å². The van der Waals surface area contributed by atoms with Gasteiger partial charge in [0.1, 0.15) is 0 Å². The molecule has 0 amide bonds. The maximum atomic E-state index is 13.0. The Kier molecular flexibility index (Phi) is 5.99. The van der Waals surface area contributed by atoms with Crippen molar-refractivity contribution in [1.82, 2.24) is 0 Å². The van der Waals surface area contributed by atoms with Crippen LogP contribution in [0.2, 0.25) is 0 Å². The van der Waals surface area contributed by atoms with Crippen molar-refractivity contribution in [1.29, 1.82) is 0 Å². The summed E-state index contributed by atoms with van der Waals surface area (Å²) >= 11 is 0. The van der Waals surface area contributed by atoms with Crippen LogP contribution in [-0.4, -0.2) is 15.0 Å². The predicted octanol–water partition coefficient (Wildman–Crippen LogP) is 4.55. The van der Waals surface area contributed by atoms with Gasteiger partial charge < -0.3 is 0 Å². The van der Waals surface area contributed by atoms with Gasteiger partial charge in [-0.05, 0) is 44.0 Å². The molecule has 3 nitrogen and oxygen atoms in total. The highest BCUT2D eigenvalue weighted by Crippen LogP contribution is 2.24. The fourth-order valence-corrected chi connectivity index (χ4v) is 3.78. The molecule has 0 N–H and O–H groups in total. The second-order valence-corrected chi connectivity index (χ2v) is 7.26. The Morgan fingerprint density at radius 2 is 1.61 bits per heavy atom. The SMILES string of the molecule is CC/C=C/CCN(c1ccccc1)S(=O)(=O)c1ccc(C)cc1. The van der Waals surface area contributed by atoms with Crippen LogP contribution in [0.15, 0.2) is 71.6 Å². The third-order valence-corrected chi connectivity index (χ3v) is 5.40. The van der Waals surface area contributed by atoms with Crippen molar-refractivity contribution < 1.29 is 8.42 Å². The van der Waals surface area contributed by atoms with Gasteiger partial charge in [0.25, 0.3) is 10.0 Å². The number of aryl methyl sites for hydroxylation is 1. The largest absolute Gasteiger partial charge is 0.266 e. The molecule has 0 radical (unpaired) electrons. The van der Waals surface area contributed by atoms with Crippen LogP contribution in [0.5, 0.6) is 0 Å². The minimum absolute atomic E-state index is 0.325. The number of hydrogen-bond acceptors (Lipinski definition) is 2. The molecule has 4 heteroatoms. The molecule has 23 heavy (non-hydrogen) atoms. The Labute approximate surface area is 139 Å². The molecule has 0 aliphatic carbocycles. The predicted molar refractivity (Wildman–Crippen MR) is 96.2 cm³/mol. The lowest BCUT2D eigenvalue weighted by atomic mass is 10.2. The third-order valence-electron chi connectivity index (χ3n) is 3.55. The number of rotatable bonds is 7. The Balaban J connectivity index is 2.35. The number of anilines is 1. The maximum absolute atomic E-state index is 13.0. The molecule has 0 unspecified atom stereocenters. The molecular formula is C19H23NO2S. The molecule has 0 bridgehead atoms. The van der Waals surface area contributed by atoms with Gasteiger partial charge in [-0.3, -0.25) is 4.31 Å². The van der Waals surface area contributed by atoms with Crippen LogP contribution in [0, 0.1) is 6.92 Å². The molecule has 0 saturated heterocycles. The van der Waals surface area contributed by atoms with Gasteiger partial charge in [-0.15, -0.1) is 0 Å². The van der Waals surface area contributed by atoms with Crippen molar-refractivity contribution in [3.63, 3.8) is 0 Å². The molecule has 0 aliphatic rings. The van der Waals surface area contributed by atoms with Crippen LogP contribution in [0.3, 0.4) is 0 Å². The minimum Gasteiger partial charge on any atom is -0.266 e. The Morgan fingerprint density at radius 3 is 2.22 bits per heavy atom. The summed E-state index contributed by atoms with van der Waals surface area (Å²) in [7, 11) is -3.56. The first-order valence-corrected chi connectivity index (χ1v) is 9.29. The van der Waals surface area contributed by atoms with Gasteiger partial charge in [0, 0.05) is 6.54 Å². The molecule has 0 saturated carbocycles. The van der Waals surface area contributed by atoms with Gasteiger partial charge in [0.2, 0.25) is 0 Å². The van der Waals surface area contributed by atoms with E-state index in [0.29, 0.717) is 23.5 Å². The maximum Gasteiger partial charge on any atom is 0.264 e. The number of hydrogen-bond donors (Lipinski definition) is 0. The first kappa shape index (κ1) is 17.3. The van der Waals surface area contributed by atoms with Gasteiger partial charge in [0.05, 0.1) is 10.6 Å². The van der Waals surface area contributed by atoms with E-state index >= 15 is 0 Å². The highest BCUT2D eigenvalue weighted by molar-refractivity contribution is 7.92. The van der Waals surface area contributed by atoms with Crippen molar-refractivity contribution >= 4 is 15.7 Å². The summed E-state index contributed by atoms with van der Waals surface area (Å²) in [5.41, 5.74) is 1.74. The van der Waals surface area contributed by atoms with E-state index in [2.05, 4.69) is 13.0 Å². The zero-order valence-corrected chi connectivity index (χ0v) is 14.5. The van der Waals surface area contributed by atoms with Crippen molar-refractivity contribution in [2.45, 2.75) is 31.6 Å². The molecular weight excluding hydrogens is 306 g/mol. The summed E-state index contributed by atoms with van der Waals surface area (Å²) in [6.45, 7) is 4.44. The van der Waals surface area contributed by atoms with Crippen LogP contribution in [0.25, 0.3) is 0 Å².